The molecule has 0 aliphatic rings. The van der Waals surface area contributed by atoms with Crippen LogP contribution in [0.15, 0.2) is 24.4 Å². The number of hydrogen-bond acceptors (Lipinski definition) is 3. The van der Waals surface area contributed by atoms with Gasteiger partial charge in [-0.3, -0.25) is 0 Å². The number of nitrogens with zero attached hydrogens (tertiary/aromatic N) is 2. The van der Waals surface area contributed by atoms with Gasteiger partial charge in [-0.25, -0.2) is 4.98 Å². The molecule has 0 amide bonds. The van der Waals surface area contributed by atoms with Crippen molar-refractivity contribution < 1.29 is 0 Å². The first-order chi connectivity index (χ1) is 5.68. The highest BCUT2D eigenvalue weighted by Gasteiger charge is 1.88. The predicted molar refractivity (Wildman–Crippen MR) is 51.4 cm³/mol. The smallest absolute Gasteiger partial charge is 0.124 e. The summed E-state index contributed by atoms with van der Waals surface area (Å²) in [5.74, 6) is 0.552. The minimum atomic E-state index is 0.552. The van der Waals surface area contributed by atoms with E-state index in [0.717, 1.165) is 5.69 Å². The SMILES string of the molecule is CN(C)/C=C/c1cccc(N)n1. The van der Waals surface area contributed by atoms with Gasteiger partial charge in [0.25, 0.3) is 0 Å². The van der Waals surface area contributed by atoms with Crippen molar-refractivity contribution in [2.45, 2.75) is 0 Å². The molecule has 3 heteroatoms. The number of rotatable bonds is 2. The van der Waals surface area contributed by atoms with E-state index >= 15 is 0 Å². The molecular weight excluding hydrogens is 150 g/mol. The average Bonchev–Trinajstić information content (AvgIpc) is 2.01. The Kier molecular flexibility index (Phi) is 2.69. The number of anilines is 1. The highest BCUT2D eigenvalue weighted by Crippen LogP contribution is 2.02. The van der Waals surface area contributed by atoms with E-state index in [1.54, 1.807) is 6.07 Å². The van der Waals surface area contributed by atoms with Crippen molar-refractivity contribution in [3.8, 4) is 0 Å². The Bertz CT molecular complexity index is 279. The second kappa shape index (κ2) is 3.76. The molecule has 0 fully saturated rings. The maximum absolute atomic E-state index is 5.51. The van der Waals surface area contributed by atoms with Crippen LogP contribution in [0.3, 0.4) is 0 Å². The summed E-state index contributed by atoms with van der Waals surface area (Å²) in [6, 6.07) is 5.57. The molecule has 64 valence electrons. The van der Waals surface area contributed by atoms with Gasteiger partial charge in [-0.1, -0.05) is 6.07 Å². The summed E-state index contributed by atoms with van der Waals surface area (Å²) in [5, 5.41) is 0. The number of hydrogen-bond donors (Lipinski definition) is 1. The Morgan fingerprint density at radius 2 is 2.17 bits per heavy atom. The van der Waals surface area contributed by atoms with Crippen LogP contribution in [0.25, 0.3) is 6.08 Å². The van der Waals surface area contributed by atoms with Gasteiger partial charge in [0.05, 0.1) is 5.69 Å². The van der Waals surface area contributed by atoms with E-state index in [-0.39, 0.29) is 0 Å². The molecule has 1 aromatic rings. The van der Waals surface area contributed by atoms with Crippen LogP contribution in [-0.4, -0.2) is 24.0 Å². The van der Waals surface area contributed by atoms with Crippen LogP contribution in [0, 0.1) is 0 Å². The van der Waals surface area contributed by atoms with E-state index in [4.69, 9.17) is 5.73 Å². The largest absolute Gasteiger partial charge is 0.384 e. The van der Waals surface area contributed by atoms with Crippen molar-refractivity contribution in [3.05, 3.63) is 30.1 Å². The van der Waals surface area contributed by atoms with Gasteiger partial charge in [-0.15, -0.1) is 0 Å². The molecule has 0 spiro atoms. The summed E-state index contributed by atoms with van der Waals surface area (Å²) in [4.78, 5) is 6.06. The van der Waals surface area contributed by atoms with Crippen LogP contribution in [0.1, 0.15) is 5.69 Å². The maximum atomic E-state index is 5.51. The molecule has 0 bridgehead atoms. The molecule has 0 atom stereocenters. The molecule has 0 saturated carbocycles. The van der Waals surface area contributed by atoms with Crippen LogP contribution < -0.4 is 5.73 Å². The zero-order valence-corrected chi connectivity index (χ0v) is 7.36. The highest BCUT2D eigenvalue weighted by atomic mass is 15.0. The molecule has 1 aromatic heterocycles. The van der Waals surface area contributed by atoms with Crippen LogP contribution in [0.2, 0.25) is 0 Å². The highest BCUT2D eigenvalue weighted by molar-refractivity contribution is 5.46. The molecule has 3 nitrogen and oxygen atoms in total. The molecular formula is C9H13N3. The first-order valence-corrected chi connectivity index (χ1v) is 3.75. The lowest BCUT2D eigenvalue weighted by Gasteiger charge is -2.02. The van der Waals surface area contributed by atoms with E-state index in [1.165, 1.54) is 0 Å². The summed E-state index contributed by atoms with van der Waals surface area (Å²) >= 11 is 0. The lowest BCUT2D eigenvalue weighted by molar-refractivity contribution is 0.567. The van der Waals surface area contributed by atoms with E-state index < -0.39 is 0 Å². The molecule has 0 saturated heterocycles. The molecule has 1 heterocycles. The third-order valence-electron chi connectivity index (χ3n) is 1.34. The molecule has 0 aromatic carbocycles. The van der Waals surface area contributed by atoms with Crippen LogP contribution in [0.4, 0.5) is 5.82 Å². The fourth-order valence-corrected chi connectivity index (χ4v) is 0.787. The van der Waals surface area contributed by atoms with Crippen molar-refractivity contribution in [1.29, 1.82) is 0 Å². The Morgan fingerprint density at radius 1 is 1.42 bits per heavy atom. The first-order valence-electron chi connectivity index (χ1n) is 3.75. The van der Waals surface area contributed by atoms with Crippen molar-refractivity contribution in [2.24, 2.45) is 0 Å². The Hall–Kier alpha value is -1.51. The van der Waals surface area contributed by atoms with Crippen LogP contribution in [-0.2, 0) is 0 Å². The lowest BCUT2D eigenvalue weighted by atomic mass is 10.3. The fraction of sp³-hybridized carbons (Fsp3) is 0.222. The van der Waals surface area contributed by atoms with Gasteiger partial charge in [0.15, 0.2) is 0 Å². The minimum absolute atomic E-state index is 0.552. The summed E-state index contributed by atoms with van der Waals surface area (Å²) in [6.07, 6.45) is 3.85. The van der Waals surface area contributed by atoms with Crippen molar-refractivity contribution in [3.63, 3.8) is 0 Å². The Morgan fingerprint density at radius 3 is 2.75 bits per heavy atom. The zero-order chi connectivity index (χ0) is 8.97. The normalized spacial score (nSPS) is 10.5. The first kappa shape index (κ1) is 8.59. The van der Waals surface area contributed by atoms with Crippen LogP contribution >= 0.6 is 0 Å². The number of nitrogens with two attached hydrogens (primary N) is 1. The molecule has 12 heavy (non-hydrogen) atoms. The number of pyridine rings is 1. The monoisotopic (exact) mass is 163 g/mol. The third kappa shape index (κ3) is 2.62. The van der Waals surface area contributed by atoms with Crippen LogP contribution in [0.5, 0.6) is 0 Å². The van der Waals surface area contributed by atoms with Gasteiger partial charge in [-0.05, 0) is 18.2 Å². The van der Waals surface area contributed by atoms with Gasteiger partial charge >= 0.3 is 0 Å². The van der Waals surface area contributed by atoms with E-state index in [0.29, 0.717) is 5.82 Å². The molecule has 0 aliphatic heterocycles. The Balaban J connectivity index is 2.76. The second-order valence-corrected chi connectivity index (χ2v) is 2.77. The molecule has 0 aliphatic carbocycles. The molecule has 1 rings (SSSR count). The van der Waals surface area contributed by atoms with Gasteiger partial charge in [0.2, 0.25) is 0 Å². The van der Waals surface area contributed by atoms with Crippen molar-refractivity contribution in [1.82, 2.24) is 9.88 Å². The summed E-state index contributed by atoms with van der Waals surface area (Å²) < 4.78 is 0. The number of nitrogen functional groups attached to an aromatic ring is 1. The molecule has 0 unspecified atom stereocenters. The molecule has 2 N–H and O–H groups in total. The summed E-state index contributed by atoms with van der Waals surface area (Å²) in [6.45, 7) is 0. The zero-order valence-electron chi connectivity index (χ0n) is 7.36. The minimum Gasteiger partial charge on any atom is -0.384 e. The summed E-state index contributed by atoms with van der Waals surface area (Å²) in [5.41, 5.74) is 6.38. The average molecular weight is 163 g/mol. The van der Waals surface area contributed by atoms with Gasteiger partial charge in [0.1, 0.15) is 5.82 Å². The predicted octanol–water partition coefficient (Wildman–Crippen LogP) is 1.20. The fourth-order valence-electron chi connectivity index (χ4n) is 0.787. The van der Waals surface area contributed by atoms with Gasteiger partial charge in [0, 0.05) is 20.3 Å². The van der Waals surface area contributed by atoms with Gasteiger partial charge < -0.3 is 10.6 Å². The second-order valence-electron chi connectivity index (χ2n) is 2.77. The summed E-state index contributed by atoms with van der Waals surface area (Å²) in [7, 11) is 3.92. The maximum Gasteiger partial charge on any atom is 0.124 e. The quantitative estimate of drug-likeness (QED) is 0.712. The lowest BCUT2D eigenvalue weighted by Crippen LogP contribution is -2.00. The Labute approximate surface area is 72.5 Å². The van der Waals surface area contributed by atoms with Crippen molar-refractivity contribution >= 4 is 11.9 Å². The van der Waals surface area contributed by atoms with E-state index in [2.05, 4.69) is 4.98 Å². The number of aromatic nitrogens is 1. The third-order valence-corrected chi connectivity index (χ3v) is 1.34. The van der Waals surface area contributed by atoms with Gasteiger partial charge in [-0.2, -0.15) is 0 Å². The topological polar surface area (TPSA) is 42.1 Å². The van der Waals surface area contributed by atoms with E-state index in [1.807, 2.05) is 43.4 Å². The standard InChI is InChI=1S/C9H13N3/c1-12(2)7-6-8-4-3-5-9(10)11-8/h3-7H,1-2H3,(H2,10,11)/b7-6+. The molecule has 0 radical (unpaired) electrons. The van der Waals surface area contributed by atoms with E-state index in [9.17, 15) is 0 Å². The van der Waals surface area contributed by atoms with Crippen molar-refractivity contribution in [2.75, 3.05) is 19.8 Å².